The molecule has 0 fully saturated rings. The molecule has 2 aromatic rings. The van der Waals surface area contributed by atoms with Gasteiger partial charge < -0.3 is 9.84 Å². The van der Waals surface area contributed by atoms with Gasteiger partial charge in [-0.05, 0) is 37.1 Å². The van der Waals surface area contributed by atoms with E-state index in [1.807, 2.05) is 37.3 Å². The first kappa shape index (κ1) is 15.4. The molecule has 0 aliphatic heterocycles. The zero-order chi connectivity index (χ0) is 15.4. The van der Waals surface area contributed by atoms with Gasteiger partial charge in [-0.2, -0.15) is 0 Å². The van der Waals surface area contributed by atoms with Crippen LogP contribution in [-0.2, 0) is 17.6 Å². The van der Waals surface area contributed by atoms with Gasteiger partial charge in [0.25, 0.3) is 0 Å². The maximum atomic E-state index is 11.0. The van der Waals surface area contributed by atoms with Gasteiger partial charge in [0.1, 0.15) is 11.5 Å². The van der Waals surface area contributed by atoms with Crippen molar-refractivity contribution in [3.05, 3.63) is 58.1 Å². The van der Waals surface area contributed by atoms with Gasteiger partial charge in [0.2, 0.25) is 0 Å². The maximum Gasteiger partial charge on any atom is 0.307 e. The van der Waals surface area contributed by atoms with E-state index in [4.69, 9.17) is 21.4 Å². The molecule has 110 valence electrons. The predicted molar refractivity (Wildman–Crippen MR) is 83.4 cm³/mol. The van der Waals surface area contributed by atoms with Gasteiger partial charge in [-0.15, -0.1) is 0 Å². The Morgan fingerprint density at radius 3 is 2.52 bits per heavy atom. The standard InChI is InChI=1S/C17H17ClO3/c1-3-12-5-7-16(14(18)9-12)21-15-6-4-11(2)8-13(15)10-17(19)20/h4-9H,3,10H2,1-2H3,(H,19,20). The lowest BCUT2D eigenvalue weighted by atomic mass is 10.1. The molecule has 2 rings (SSSR count). The highest BCUT2D eigenvalue weighted by atomic mass is 35.5. The lowest BCUT2D eigenvalue weighted by Gasteiger charge is -2.12. The van der Waals surface area contributed by atoms with Crippen LogP contribution in [0.3, 0.4) is 0 Å². The number of aryl methyl sites for hydroxylation is 2. The molecular formula is C17H17ClO3. The minimum Gasteiger partial charge on any atom is -0.481 e. The summed E-state index contributed by atoms with van der Waals surface area (Å²) in [5.74, 6) is 0.163. The highest BCUT2D eigenvalue weighted by Crippen LogP contribution is 2.32. The summed E-state index contributed by atoms with van der Waals surface area (Å²) in [6, 6.07) is 11.1. The maximum absolute atomic E-state index is 11.0. The number of carboxylic acids is 1. The second-order valence-corrected chi connectivity index (χ2v) is 5.31. The van der Waals surface area contributed by atoms with E-state index in [-0.39, 0.29) is 6.42 Å². The Morgan fingerprint density at radius 1 is 1.19 bits per heavy atom. The van der Waals surface area contributed by atoms with Crippen LogP contribution in [0.1, 0.15) is 23.6 Å². The van der Waals surface area contributed by atoms with E-state index in [1.165, 1.54) is 0 Å². The molecule has 0 radical (unpaired) electrons. The molecule has 0 atom stereocenters. The minimum absolute atomic E-state index is 0.0817. The summed E-state index contributed by atoms with van der Waals surface area (Å²) < 4.78 is 5.80. The van der Waals surface area contributed by atoms with Crippen molar-refractivity contribution in [2.24, 2.45) is 0 Å². The number of ether oxygens (including phenoxy) is 1. The highest BCUT2D eigenvalue weighted by Gasteiger charge is 2.11. The van der Waals surface area contributed by atoms with Crippen molar-refractivity contribution in [1.82, 2.24) is 0 Å². The van der Waals surface area contributed by atoms with Gasteiger partial charge in [-0.25, -0.2) is 0 Å². The Hall–Kier alpha value is -2.00. The zero-order valence-corrected chi connectivity index (χ0v) is 12.8. The summed E-state index contributed by atoms with van der Waals surface area (Å²) in [6.45, 7) is 3.97. The molecule has 0 saturated carbocycles. The average Bonchev–Trinajstić information content (AvgIpc) is 2.43. The normalized spacial score (nSPS) is 10.4. The second-order valence-electron chi connectivity index (χ2n) is 4.90. The van der Waals surface area contributed by atoms with Crippen molar-refractivity contribution in [3.8, 4) is 11.5 Å². The molecule has 0 bridgehead atoms. The van der Waals surface area contributed by atoms with Crippen molar-refractivity contribution in [2.75, 3.05) is 0 Å². The van der Waals surface area contributed by atoms with Crippen LogP contribution in [0.25, 0.3) is 0 Å². The van der Waals surface area contributed by atoms with Gasteiger partial charge >= 0.3 is 5.97 Å². The minimum atomic E-state index is -0.891. The summed E-state index contributed by atoms with van der Waals surface area (Å²) in [7, 11) is 0. The fourth-order valence-corrected chi connectivity index (χ4v) is 2.32. The van der Waals surface area contributed by atoms with Gasteiger partial charge in [0, 0.05) is 5.56 Å². The molecule has 0 aliphatic rings. The third-order valence-electron chi connectivity index (χ3n) is 3.18. The van der Waals surface area contributed by atoms with Crippen LogP contribution in [0, 0.1) is 6.92 Å². The molecule has 4 heteroatoms. The Morgan fingerprint density at radius 2 is 1.90 bits per heavy atom. The van der Waals surface area contributed by atoms with Crippen molar-refractivity contribution in [3.63, 3.8) is 0 Å². The predicted octanol–water partition coefficient (Wildman–Crippen LogP) is 4.63. The molecule has 0 aliphatic carbocycles. The third kappa shape index (κ3) is 3.99. The molecule has 1 N–H and O–H groups in total. The topological polar surface area (TPSA) is 46.5 Å². The van der Waals surface area contributed by atoms with Crippen LogP contribution in [-0.4, -0.2) is 11.1 Å². The molecular weight excluding hydrogens is 288 g/mol. The first-order valence-electron chi connectivity index (χ1n) is 6.77. The molecule has 0 spiro atoms. The van der Waals surface area contributed by atoms with Crippen LogP contribution in [0.4, 0.5) is 0 Å². The van der Waals surface area contributed by atoms with Gasteiger partial charge in [0.05, 0.1) is 11.4 Å². The van der Waals surface area contributed by atoms with Crippen LogP contribution in [0.15, 0.2) is 36.4 Å². The van der Waals surface area contributed by atoms with Crippen LogP contribution < -0.4 is 4.74 Å². The van der Waals surface area contributed by atoms with Gasteiger partial charge in [-0.1, -0.05) is 42.3 Å². The quantitative estimate of drug-likeness (QED) is 0.876. The molecule has 0 heterocycles. The summed E-state index contributed by atoms with van der Waals surface area (Å²) in [4.78, 5) is 11.0. The summed E-state index contributed by atoms with van der Waals surface area (Å²) in [5.41, 5.74) is 2.76. The molecule has 0 saturated heterocycles. The first-order chi connectivity index (χ1) is 9.99. The second kappa shape index (κ2) is 6.64. The first-order valence-corrected chi connectivity index (χ1v) is 7.15. The number of hydrogen-bond acceptors (Lipinski definition) is 2. The average molecular weight is 305 g/mol. The monoisotopic (exact) mass is 304 g/mol. The van der Waals surface area contributed by atoms with Crippen LogP contribution >= 0.6 is 11.6 Å². The SMILES string of the molecule is CCc1ccc(Oc2ccc(C)cc2CC(=O)O)c(Cl)c1. The number of rotatable bonds is 5. The fraction of sp³-hybridized carbons (Fsp3) is 0.235. The lowest BCUT2D eigenvalue weighted by molar-refractivity contribution is -0.136. The van der Waals surface area contributed by atoms with Crippen LogP contribution in [0.2, 0.25) is 5.02 Å². The van der Waals surface area contributed by atoms with Crippen molar-refractivity contribution < 1.29 is 14.6 Å². The fourth-order valence-electron chi connectivity index (χ4n) is 2.07. The van der Waals surface area contributed by atoms with E-state index in [1.54, 1.807) is 6.07 Å². The smallest absolute Gasteiger partial charge is 0.307 e. The number of carboxylic acid groups (broad SMARTS) is 1. The van der Waals surface area contributed by atoms with Crippen molar-refractivity contribution >= 4 is 17.6 Å². The Kier molecular flexibility index (Phi) is 4.86. The van der Waals surface area contributed by atoms with Crippen LogP contribution in [0.5, 0.6) is 11.5 Å². The number of benzene rings is 2. The van der Waals surface area contributed by atoms with E-state index < -0.39 is 5.97 Å². The van der Waals surface area contributed by atoms with Gasteiger partial charge in [0.15, 0.2) is 0 Å². The van der Waals surface area contributed by atoms with E-state index in [2.05, 4.69) is 6.92 Å². The highest BCUT2D eigenvalue weighted by molar-refractivity contribution is 6.32. The summed E-state index contributed by atoms with van der Waals surface area (Å²) in [6.07, 6.45) is 0.816. The van der Waals surface area contributed by atoms with Gasteiger partial charge in [-0.3, -0.25) is 4.79 Å². The number of halogens is 1. The Labute approximate surface area is 129 Å². The Balaban J connectivity index is 2.32. The van der Waals surface area contributed by atoms with E-state index in [0.717, 1.165) is 17.5 Å². The molecule has 2 aromatic carbocycles. The zero-order valence-electron chi connectivity index (χ0n) is 12.0. The summed E-state index contributed by atoms with van der Waals surface area (Å²) in [5, 5.41) is 9.51. The molecule has 0 amide bonds. The number of aliphatic carboxylic acids is 1. The third-order valence-corrected chi connectivity index (χ3v) is 3.48. The number of carbonyl (C=O) groups is 1. The van der Waals surface area contributed by atoms with E-state index in [0.29, 0.717) is 22.1 Å². The number of hydrogen-bond donors (Lipinski definition) is 1. The largest absolute Gasteiger partial charge is 0.481 e. The summed E-state index contributed by atoms with van der Waals surface area (Å²) >= 11 is 6.21. The lowest BCUT2D eigenvalue weighted by Crippen LogP contribution is -2.02. The molecule has 0 unspecified atom stereocenters. The Bertz CT molecular complexity index is 665. The molecule has 21 heavy (non-hydrogen) atoms. The van der Waals surface area contributed by atoms with Crippen molar-refractivity contribution in [1.29, 1.82) is 0 Å². The molecule has 3 nitrogen and oxygen atoms in total. The van der Waals surface area contributed by atoms with E-state index >= 15 is 0 Å². The van der Waals surface area contributed by atoms with Crippen molar-refractivity contribution in [2.45, 2.75) is 26.7 Å². The molecule has 0 aromatic heterocycles. The van der Waals surface area contributed by atoms with E-state index in [9.17, 15) is 4.79 Å².